The largest absolute Gasteiger partial charge is 0.294 e. The highest BCUT2D eigenvalue weighted by Crippen LogP contribution is 2.24. The Kier molecular flexibility index (Phi) is 3.18. The molecule has 5 heteroatoms. The fourth-order valence-electron chi connectivity index (χ4n) is 1.17. The van der Waals surface area contributed by atoms with Crippen molar-refractivity contribution in [3.05, 3.63) is 29.8 Å². The Morgan fingerprint density at radius 3 is 2.40 bits per heavy atom. The summed E-state index contributed by atoms with van der Waals surface area (Å²) in [6.07, 6.45) is 1.17. The van der Waals surface area contributed by atoms with Gasteiger partial charge in [-0.2, -0.15) is 0 Å². The van der Waals surface area contributed by atoms with Gasteiger partial charge in [0, 0.05) is 6.26 Å². The maximum atomic E-state index is 11.3. The van der Waals surface area contributed by atoms with Gasteiger partial charge in [-0.15, -0.1) is 0 Å². The molecule has 0 heterocycles. The Labute approximate surface area is 89.9 Å². The van der Waals surface area contributed by atoms with E-state index < -0.39 is 15.4 Å². The molecule has 0 fully saturated rings. The molecular weight excluding hydrogens is 214 g/mol. The zero-order valence-electron chi connectivity index (χ0n) is 9.02. The fourth-order valence-corrected chi connectivity index (χ4v) is 1.84. The van der Waals surface area contributed by atoms with Gasteiger partial charge in [-0.3, -0.25) is 4.84 Å². The van der Waals surface area contributed by atoms with Crippen LogP contribution < -0.4 is 5.90 Å². The monoisotopic (exact) mass is 229 g/mol. The molecule has 0 amide bonds. The first-order valence-corrected chi connectivity index (χ1v) is 6.35. The van der Waals surface area contributed by atoms with Crippen LogP contribution in [0.5, 0.6) is 0 Å². The summed E-state index contributed by atoms with van der Waals surface area (Å²) < 4.78 is 22.7. The molecule has 1 rings (SSSR count). The Bertz CT molecular complexity index is 451. The molecule has 0 saturated carbocycles. The average Bonchev–Trinajstić information content (AvgIpc) is 2.17. The van der Waals surface area contributed by atoms with Crippen molar-refractivity contribution < 1.29 is 13.3 Å². The van der Waals surface area contributed by atoms with Crippen molar-refractivity contribution in [2.75, 3.05) is 6.26 Å². The lowest BCUT2D eigenvalue weighted by atomic mass is 9.99. The summed E-state index contributed by atoms with van der Waals surface area (Å²) in [5, 5.41) is 0. The molecule has 0 aromatic heterocycles. The van der Waals surface area contributed by atoms with Gasteiger partial charge in [0.15, 0.2) is 9.84 Å². The Hall–Kier alpha value is -0.910. The van der Waals surface area contributed by atoms with E-state index in [0.717, 1.165) is 5.56 Å². The van der Waals surface area contributed by atoms with Gasteiger partial charge >= 0.3 is 0 Å². The molecule has 0 bridgehead atoms. The van der Waals surface area contributed by atoms with Crippen LogP contribution in [0, 0.1) is 0 Å². The predicted octanol–water partition coefficient (Wildman–Crippen LogP) is 1.22. The zero-order valence-corrected chi connectivity index (χ0v) is 9.84. The molecular formula is C10H15NO3S. The number of nitrogens with two attached hydrogens (primary N) is 1. The van der Waals surface area contributed by atoms with E-state index in [4.69, 9.17) is 10.7 Å². The summed E-state index contributed by atoms with van der Waals surface area (Å²) in [7, 11) is -3.19. The molecule has 4 nitrogen and oxygen atoms in total. The van der Waals surface area contributed by atoms with Gasteiger partial charge in [-0.1, -0.05) is 12.1 Å². The third-order valence-corrected chi connectivity index (χ3v) is 3.36. The van der Waals surface area contributed by atoms with Crippen LogP contribution in [0.1, 0.15) is 19.4 Å². The molecule has 0 spiro atoms. The Balaban J connectivity index is 3.26. The first-order valence-electron chi connectivity index (χ1n) is 4.46. The predicted molar refractivity (Wildman–Crippen MR) is 57.9 cm³/mol. The van der Waals surface area contributed by atoms with Gasteiger partial charge in [0.2, 0.25) is 0 Å². The van der Waals surface area contributed by atoms with E-state index in [-0.39, 0.29) is 4.90 Å². The summed E-state index contributed by atoms with van der Waals surface area (Å²) in [5.41, 5.74) is 0.0358. The van der Waals surface area contributed by atoms with Crippen molar-refractivity contribution in [2.45, 2.75) is 24.3 Å². The maximum Gasteiger partial charge on any atom is 0.175 e. The fraction of sp³-hybridized carbons (Fsp3) is 0.400. The minimum absolute atomic E-state index is 0.269. The van der Waals surface area contributed by atoms with Crippen molar-refractivity contribution in [2.24, 2.45) is 5.90 Å². The second kappa shape index (κ2) is 3.92. The van der Waals surface area contributed by atoms with Gasteiger partial charge in [0.1, 0.15) is 5.60 Å². The normalized spacial score (nSPS) is 12.8. The van der Waals surface area contributed by atoms with Gasteiger partial charge in [0.05, 0.1) is 4.90 Å². The van der Waals surface area contributed by atoms with Crippen LogP contribution in [0.25, 0.3) is 0 Å². The molecule has 84 valence electrons. The molecule has 1 aromatic carbocycles. The van der Waals surface area contributed by atoms with Crippen LogP contribution in [-0.4, -0.2) is 14.7 Å². The summed E-state index contributed by atoms with van der Waals surface area (Å²) >= 11 is 0. The van der Waals surface area contributed by atoms with E-state index in [9.17, 15) is 8.42 Å². The molecule has 0 saturated heterocycles. The van der Waals surface area contributed by atoms with Crippen LogP contribution >= 0.6 is 0 Å². The van der Waals surface area contributed by atoms with E-state index in [0.29, 0.717) is 0 Å². The molecule has 2 N–H and O–H groups in total. The number of hydrogen-bond donors (Lipinski definition) is 1. The topological polar surface area (TPSA) is 69.4 Å². The van der Waals surface area contributed by atoms with Crippen LogP contribution in [0.4, 0.5) is 0 Å². The zero-order chi connectivity index (χ0) is 11.7. The lowest BCUT2D eigenvalue weighted by molar-refractivity contribution is -0.0237. The lowest BCUT2D eigenvalue weighted by Gasteiger charge is -2.22. The van der Waals surface area contributed by atoms with Gasteiger partial charge < -0.3 is 0 Å². The van der Waals surface area contributed by atoms with E-state index in [1.807, 2.05) is 0 Å². The molecule has 0 aliphatic carbocycles. The van der Waals surface area contributed by atoms with Crippen molar-refractivity contribution in [1.82, 2.24) is 0 Å². The molecule has 0 aliphatic rings. The summed E-state index contributed by atoms with van der Waals surface area (Å²) in [4.78, 5) is 5.07. The highest BCUT2D eigenvalue weighted by Gasteiger charge is 2.21. The van der Waals surface area contributed by atoms with Crippen LogP contribution in [0.3, 0.4) is 0 Å². The first kappa shape index (κ1) is 12.2. The molecule has 15 heavy (non-hydrogen) atoms. The molecule has 1 aromatic rings. The molecule has 0 atom stereocenters. The van der Waals surface area contributed by atoms with Crippen molar-refractivity contribution >= 4 is 9.84 Å². The quantitative estimate of drug-likeness (QED) is 0.791. The molecule has 0 aliphatic heterocycles. The van der Waals surface area contributed by atoms with E-state index in [2.05, 4.69) is 0 Å². The van der Waals surface area contributed by atoms with Crippen molar-refractivity contribution in [3.63, 3.8) is 0 Å². The van der Waals surface area contributed by atoms with E-state index in [1.165, 1.54) is 6.26 Å². The van der Waals surface area contributed by atoms with Gasteiger partial charge in [0.25, 0.3) is 0 Å². The summed E-state index contributed by atoms with van der Waals surface area (Å²) in [6.45, 7) is 3.54. The first-order chi connectivity index (χ1) is 6.77. The van der Waals surface area contributed by atoms with Crippen molar-refractivity contribution in [1.29, 1.82) is 0 Å². The number of hydrogen-bond acceptors (Lipinski definition) is 4. The second-order valence-electron chi connectivity index (χ2n) is 3.93. The summed E-state index contributed by atoms with van der Waals surface area (Å²) in [5.74, 6) is 5.15. The van der Waals surface area contributed by atoms with Gasteiger partial charge in [-0.05, 0) is 31.5 Å². The standard InChI is InChI=1S/C10H15NO3S/c1-10(2,14-11)8-5-4-6-9(7-8)15(3,12)13/h4-7H,11H2,1-3H3. The number of rotatable bonds is 3. The smallest absolute Gasteiger partial charge is 0.175 e. The van der Waals surface area contributed by atoms with E-state index >= 15 is 0 Å². The molecule has 0 radical (unpaired) electrons. The Morgan fingerprint density at radius 2 is 1.93 bits per heavy atom. The SMILES string of the molecule is CC(C)(ON)c1cccc(S(C)(=O)=O)c1. The third kappa shape index (κ3) is 2.77. The van der Waals surface area contributed by atoms with Crippen LogP contribution in [0.15, 0.2) is 29.2 Å². The van der Waals surface area contributed by atoms with Gasteiger partial charge in [-0.25, -0.2) is 14.3 Å². The van der Waals surface area contributed by atoms with Crippen LogP contribution in [0.2, 0.25) is 0 Å². The maximum absolute atomic E-state index is 11.3. The lowest BCUT2D eigenvalue weighted by Crippen LogP contribution is -2.25. The average molecular weight is 229 g/mol. The minimum atomic E-state index is -3.19. The summed E-state index contributed by atoms with van der Waals surface area (Å²) in [6, 6.07) is 6.57. The van der Waals surface area contributed by atoms with E-state index in [1.54, 1.807) is 38.1 Å². The third-order valence-electron chi connectivity index (χ3n) is 2.25. The number of sulfone groups is 1. The Morgan fingerprint density at radius 1 is 1.33 bits per heavy atom. The van der Waals surface area contributed by atoms with Crippen LogP contribution in [-0.2, 0) is 20.3 Å². The molecule has 0 unspecified atom stereocenters. The highest BCUT2D eigenvalue weighted by molar-refractivity contribution is 7.90. The highest BCUT2D eigenvalue weighted by atomic mass is 32.2. The van der Waals surface area contributed by atoms with Crippen molar-refractivity contribution in [3.8, 4) is 0 Å². The number of benzene rings is 1. The second-order valence-corrected chi connectivity index (χ2v) is 5.94. The minimum Gasteiger partial charge on any atom is -0.294 e.